The van der Waals surface area contributed by atoms with Crippen LogP contribution in [-0.4, -0.2) is 14.5 Å². The summed E-state index contributed by atoms with van der Waals surface area (Å²) >= 11 is 12.4. The molecule has 0 saturated heterocycles. The lowest BCUT2D eigenvalue weighted by Crippen LogP contribution is -2.15. The Bertz CT molecular complexity index is 613. The van der Waals surface area contributed by atoms with E-state index in [1.165, 1.54) is 44.9 Å². The molecule has 3 rings (SSSR count). The van der Waals surface area contributed by atoms with Crippen LogP contribution in [-0.2, 0) is 0 Å². The summed E-state index contributed by atoms with van der Waals surface area (Å²) in [5.74, 6) is 0.923. The first-order valence-corrected chi connectivity index (χ1v) is 8.65. The fourth-order valence-corrected chi connectivity index (χ4v) is 3.61. The zero-order chi connectivity index (χ0) is 14.8. The second-order valence-corrected chi connectivity index (χ2v) is 7.04. The number of nitrogens with zero attached hydrogens (tertiary/aromatic N) is 3. The van der Waals surface area contributed by atoms with Crippen molar-refractivity contribution in [3.63, 3.8) is 0 Å². The van der Waals surface area contributed by atoms with Gasteiger partial charge in [0.25, 0.3) is 0 Å². The molecule has 114 valence electrons. The molecule has 2 aromatic rings. The monoisotopic (exact) mass is 325 g/mol. The number of fused-ring (bicyclic) bond motifs is 1. The van der Waals surface area contributed by atoms with Crippen LogP contribution >= 0.6 is 23.2 Å². The number of imidazole rings is 1. The summed E-state index contributed by atoms with van der Waals surface area (Å²) in [6.45, 7) is 1.98. The molecule has 0 aliphatic heterocycles. The zero-order valence-electron chi connectivity index (χ0n) is 12.4. The van der Waals surface area contributed by atoms with E-state index in [0.29, 0.717) is 11.1 Å². The van der Waals surface area contributed by atoms with Gasteiger partial charge >= 0.3 is 0 Å². The Kier molecular flexibility index (Phi) is 4.70. The van der Waals surface area contributed by atoms with Crippen LogP contribution in [0.25, 0.3) is 11.2 Å². The quantitative estimate of drug-likeness (QED) is 0.666. The summed E-state index contributed by atoms with van der Waals surface area (Å²) in [6.07, 6.45) is 10.6. The van der Waals surface area contributed by atoms with E-state index in [-0.39, 0.29) is 5.38 Å². The average Bonchev–Trinajstić information content (AvgIpc) is 2.77. The van der Waals surface area contributed by atoms with Crippen molar-refractivity contribution in [3.05, 3.63) is 23.1 Å². The fourth-order valence-electron chi connectivity index (χ4n) is 3.31. The average molecular weight is 326 g/mol. The van der Waals surface area contributed by atoms with E-state index in [9.17, 15) is 0 Å². The number of halogens is 2. The van der Waals surface area contributed by atoms with Gasteiger partial charge in [-0.2, -0.15) is 0 Å². The summed E-state index contributed by atoms with van der Waals surface area (Å²) in [7, 11) is 0. The molecule has 0 N–H and O–H groups in total. The molecule has 2 heterocycles. The maximum Gasteiger partial charge on any atom is 0.160 e. The van der Waals surface area contributed by atoms with Gasteiger partial charge in [0.1, 0.15) is 11.3 Å². The number of rotatable bonds is 2. The zero-order valence-corrected chi connectivity index (χ0v) is 13.9. The first-order valence-electron chi connectivity index (χ1n) is 7.84. The second kappa shape index (κ2) is 6.53. The van der Waals surface area contributed by atoms with Crippen LogP contribution in [0, 0.1) is 0 Å². The third kappa shape index (κ3) is 3.19. The van der Waals surface area contributed by atoms with Crippen molar-refractivity contribution in [2.75, 3.05) is 0 Å². The van der Waals surface area contributed by atoms with Crippen molar-refractivity contribution >= 4 is 34.4 Å². The van der Waals surface area contributed by atoms with Gasteiger partial charge < -0.3 is 4.57 Å². The topological polar surface area (TPSA) is 30.7 Å². The van der Waals surface area contributed by atoms with Crippen molar-refractivity contribution in [1.82, 2.24) is 14.5 Å². The van der Waals surface area contributed by atoms with Crippen LogP contribution in [0.15, 0.2) is 12.3 Å². The number of aromatic nitrogens is 3. The molecule has 0 radical (unpaired) electrons. The predicted molar refractivity (Wildman–Crippen MR) is 88.2 cm³/mol. The van der Waals surface area contributed by atoms with E-state index in [0.717, 1.165) is 17.0 Å². The Morgan fingerprint density at radius 2 is 1.86 bits per heavy atom. The van der Waals surface area contributed by atoms with Crippen LogP contribution in [0.2, 0.25) is 5.02 Å². The number of hydrogen-bond acceptors (Lipinski definition) is 2. The predicted octanol–water partition coefficient (Wildman–Crippen LogP) is 5.67. The number of alkyl halides is 1. The highest BCUT2D eigenvalue weighted by molar-refractivity contribution is 6.31. The van der Waals surface area contributed by atoms with E-state index < -0.39 is 0 Å². The van der Waals surface area contributed by atoms with Crippen molar-refractivity contribution in [1.29, 1.82) is 0 Å². The molecule has 1 fully saturated rings. The van der Waals surface area contributed by atoms with Crippen LogP contribution in [0.3, 0.4) is 0 Å². The standard InChI is InChI=1S/C16H21Cl2N3/c1-11(17)15-20-14-9-12(18)10-19-16(14)21(15)13-7-5-3-2-4-6-8-13/h9-11,13H,2-8H2,1H3. The van der Waals surface area contributed by atoms with Crippen LogP contribution in [0.4, 0.5) is 0 Å². The van der Waals surface area contributed by atoms with Gasteiger partial charge in [0.05, 0.1) is 10.4 Å². The molecule has 0 amide bonds. The highest BCUT2D eigenvalue weighted by atomic mass is 35.5. The largest absolute Gasteiger partial charge is 0.308 e. The SMILES string of the molecule is CC(Cl)c1nc2cc(Cl)cnc2n1C1CCCCCCC1. The van der Waals surface area contributed by atoms with Gasteiger partial charge in [-0.25, -0.2) is 9.97 Å². The Morgan fingerprint density at radius 1 is 1.19 bits per heavy atom. The molecule has 3 nitrogen and oxygen atoms in total. The maximum absolute atomic E-state index is 6.37. The van der Waals surface area contributed by atoms with Gasteiger partial charge in [-0.3, -0.25) is 0 Å². The lowest BCUT2D eigenvalue weighted by molar-refractivity contribution is 0.369. The minimum absolute atomic E-state index is 0.122. The maximum atomic E-state index is 6.37. The molecule has 0 aromatic carbocycles. The van der Waals surface area contributed by atoms with Gasteiger partial charge in [0, 0.05) is 12.2 Å². The van der Waals surface area contributed by atoms with Crippen LogP contribution in [0.5, 0.6) is 0 Å². The molecule has 0 bridgehead atoms. The summed E-state index contributed by atoms with van der Waals surface area (Å²) in [5, 5.41) is 0.502. The minimum Gasteiger partial charge on any atom is -0.308 e. The summed E-state index contributed by atoms with van der Waals surface area (Å²) in [6, 6.07) is 2.34. The van der Waals surface area contributed by atoms with E-state index >= 15 is 0 Å². The molecule has 1 saturated carbocycles. The lowest BCUT2D eigenvalue weighted by atomic mass is 9.96. The molecule has 1 aliphatic carbocycles. The van der Waals surface area contributed by atoms with Gasteiger partial charge in [0.15, 0.2) is 5.65 Å². The fraction of sp³-hybridized carbons (Fsp3) is 0.625. The minimum atomic E-state index is -0.122. The van der Waals surface area contributed by atoms with Crippen molar-refractivity contribution in [2.45, 2.75) is 63.3 Å². The highest BCUT2D eigenvalue weighted by Gasteiger charge is 2.23. The van der Waals surface area contributed by atoms with Crippen molar-refractivity contribution in [3.8, 4) is 0 Å². The van der Waals surface area contributed by atoms with Crippen LogP contribution in [0.1, 0.15) is 69.1 Å². The van der Waals surface area contributed by atoms with Crippen LogP contribution < -0.4 is 0 Å². The summed E-state index contributed by atoms with van der Waals surface area (Å²) in [4.78, 5) is 9.21. The third-order valence-corrected chi connectivity index (χ3v) is 4.72. The van der Waals surface area contributed by atoms with Gasteiger partial charge in [-0.15, -0.1) is 11.6 Å². The Morgan fingerprint density at radius 3 is 2.52 bits per heavy atom. The smallest absolute Gasteiger partial charge is 0.160 e. The molecular formula is C16H21Cl2N3. The van der Waals surface area contributed by atoms with Crippen molar-refractivity contribution < 1.29 is 0 Å². The molecule has 2 aromatic heterocycles. The van der Waals surface area contributed by atoms with Crippen molar-refractivity contribution in [2.24, 2.45) is 0 Å². The van der Waals surface area contributed by atoms with E-state index in [2.05, 4.69) is 14.5 Å². The normalized spacial score (nSPS) is 19.4. The molecule has 1 aliphatic rings. The number of hydrogen-bond donors (Lipinski definition) is 0. The molecule has 21 heavy (non-hydrogen) atoms. The van der Waals surface area contributed by atoms with E-state index in [4.69, 9.17) is 23.2 Å². The Hall–Kier alpha value is -0.800. The molecule has 0 spiro atoms. The number of pyridine rings is 1. The third-order valence-electron chi connectivity index (χ3n) is 4.32. The van der Waals surface area contributed by atoms with Gasteiger partial charge in [-0.05, 0) is 25.8 Å². The summed E-state index contributed by atoms with van der Waals surface area (Å²) < 4.78 is 2.27. The van der Waals surface area contributed by atoms with E-state index in [1.54, 1.807) is 6.20 Å². The van der Waals surface area contributed by atoms with Gasteiger partial charge in [-0.1, -0.05) is 43.7 Å². The Balaban J connectivity index is 2.07. The highest BCUT2D eigenvalue weighted by Crippen LogP contribution is 2.34. The first kappa shape index (κ1) is 15.1. The molecular weight excluding hydrogens is 305 g/mol. The van der Waals surface area contributed by atoms with E-state index in [1.807, 2.05) is 13.0 Å². The first-order chi connectivity index (χ1) is 10.2. The molecule has 1 atom stereocenters. The Labute approximate surface area is 135 Å². The molecule has 5 heteroatoms. The lowest BCUT2D eigenvalue weighted by Gasteiger charge is -2.24. The van der Waals surface area contributed by atoms with Gasteiger partial charge in [0.2, 0.25) is 0 Å². The summed E-state index contributed by atoms with van der Waals surface area (Å²) in [5.41, 5.74) is 1.78. The molecule has 1 unspecified atom stereocenters. The second-order valence-electron chi connectivity index (χ2n) is 5.95.